The minimum atomic E-state index is 0.0113. The monoisotopic (exact) mass is 416 g/mol. The average molecular weight is 417 g/mol. The van der Waals surface area contributed by atoms with E-state index in [1.807, 2.05) is 30.3 Å². The molecule has 5 heteroatoms. The van der Waals surface area contributed by atoms with Crippen molar-refractivity contribution in [2.75, 3.05) is 0 Å². The van der Waals surface area contributed by atoms with Crippen LogP contribution < -0.4 is 10.1 Å². The summed E-state index contributed by atoms with van der Waals surface area (Å²) in [4.78, 5) is 4.48. The lowest BCUT2D eigenvalue weighted by Gasteiger charge is -2.20. The summed E-state index contributed by atoms with van der Waals surface area (Å²) >= 11 is 8.44. The van der Waals surface area contributed by atoms with E-state index in [0.29, 0.717) is 17.4 Å². The Morgan fingerprint density at radius 2 is 2.00 bits per heavy atom. The van der Waals surface area contributed by atoms with Crippen LogP contribution in [0.25, 0.3) is 0 Å². The lowest BCUT2D eigenvalue weighted by Crippen LogP contribution is -2.35. The molecule has 0 fully saturated rings. The number of ether oxygens (including phenoxy) is 1. The maximum atomic E-state index is 6.19. The standard InChI is InChI=1S/C16H18ClIN2O/c1-16(2,3)19-10-14-13(17)7-8-15(20-14)21-12-6-4-5-11(18)9-12/h4-9,19H,10H2,1-3H3. The normalized spacial score (nSPS) is 11.5. The van der Waals surface area contributed by atoms with E-state index in [2.05, 4.69) is 53.7 Å². The summed E-state index contributed by atoms with van der Waals surface area (Å²) in [6.07, 6.45) is 0. The number of nitrogens with one attached hydrogen (secondary N) is 1. The van der Waals surface area contributed by atoms with Crippen molar-refractivity contribution >= 4 is 34.2 Å². The van der Waals surface area contributed by atoms with Gasteiger partial charge in [0.05, 0.1) is 10.7 Å². The van der Waals surface area contributed by atoms with Crippen LogP contribution in [0, 0.1) is 3.57 Å². The van der Waals surface area contributed by atoms with Gasteiger partial charge in [-0.3, -0.25) is 0 Å². The fraction of sp³-hybridized carbons (Fsp3) is 0.312. The van der Waals surface area contributed by atoms with Crippen molar-refractivity contribution in [2.45, 2.75) is 32.9 Å². The van der Waals surface area contributed by atoms with Gasteiger partial charge in [0.2, 0.25) is 5.88 Å². The van der Waals surface area contributed by atoms with Gasteiger partial charge in [0.25, 0.3) is 0 Å². The smallest absolute Gasteiger partial charge is 0.219 e. The molecule has 0 unspecified atom stereocenters. The van der Waals surface area contributed by atoms with Crippen LogP contribution in [0.2, 0.25) is 5.02 Å². The maximum absolute atomic E-state index is 6.19. The van der Waals surface area contributed by atoms with E-state index >= 15 is 0 Å². The Balaban J connectivity index is 2.14. The Kier molecular flexibility index (Phi) is 5.46. The van der Waals surface area contributed by atoms with Gasteiger partial charge < -0.3 is 10.1 Å². The molecular formula is C16H18ClIN2O. The molecule has 0 aliphatic carbocycles. The highest BCUT2D eigenvalue weighted by molar-refractivity contribution is 14.1. The second-order valence-electron chi connectivity index (χ2n) is 5.74. The lowest BCUT2D eigenvalue weighted by atomic mass is 10.1. The molecule has 3 nitrogen and oxygen atoms in total. The van der Waals surface area contributed by atoms with Crippen LogP contribution in [0.3, 0.4) is 0 Å². The van der Waals surface area contributed by atoms with Crippen LogP contribution in [0.4, 0.5) is 0 Å². The first kappa shape index (κ1) is 16.5. The molecule has 0 aliphatic heterocycles. The summed E-state index contributed by atoms with van der Waals surface area (Å²) in [6.45, 7) is 6.92. The van der Waals surface area contributed by atoms with Crippen LogP contribution in [-0.4, -0.2) is 10.5 Å². The van der Waals surface area contributed by atoms with E-state index in [4.69, 9.17) is 16.3 Å². The quantitative estimate of drug-likeness (QED) is 0.711. The van der Waals surface area contributed by atoms with Crippen molar-refractivity contribution in [3.05, 3.63) is 50.7 Å². The van der Waals surface area contributed by atoms with Crippen LogP contribution in [0.15, 0.2) is 36.4 Å². The maximum Gasteiger partial charge on any atom is 0.219 e. The Labute approximate surface area is 144 Å². The van der Waals surface area contributed by atoms with Crippen molar-refractivity contribution in [2.24, 2.45) is 0 Å². The predicted octanol–water partition coefficient (Wildman–Crippen LogP) is 5.02. The van der Waals surface area contributed by atoms with Crippen LogP contribution in [0.1, 0.15) is 26.5 Å². The zero-order valence-corrected chi connectivity index (χ0v) is 15.2. The Morgan fingerprint density at radius 3 is 2.67 bits per heavy atom. The molecule has 1 heterocycles. The predicted molar refractivity (Wildman–Crippen MR) is 95.1 cm³/mol. The van der Waals surface area contributed by atoms with Crippen molar-refractivity contribution in [3.8, 4) is 11.6 Å². The molecule has 0 radical (unpaired) electrons. The zero-order valence-electron chi connectivity index (χ0n) is 12.3. The number of hydrogen-bond acceptors (Lipinski definition) is 3. The minimum absolute atomic E-state index is 0.0113. The van der Waals surface area contributed by atoms with Gasteiger partial charge in [-0.25, -0.2) is 4.98 Å². The first-order valence-electron chi connectivity index (χ1n) is 6.67. The Morgan fingerprint density at radius 1 is 1.24 bits per heavy atom. The van der Waals surface area contributed by atoms with Crippen molar-refractivity contribution in [1.29, 1.82) is 0 Å². The molecule has 0 bridgehead atoms. The summed E-state index contributed by atoms with van der Waals surface area (Å²) in [5, 5.41) is 4.02. The first-order chi connectivity index (χ1) is 9.83. The number of aromatic nitrogens is 1. The highest BCUT2D eigenvalue weighted by atomic mass is 127. The summed E-state index contributed by atoms with van der Waals surface area (Å²) < 4.78 is 6.90. The molecule has 0 spiro atoms. The van der Waals surface area contributed by atoms with Crippen LogP contribution >= 0.6 is 34.2 Å². The third-order valence-corrected chi connectivity index (χ3v) is 3.71. The number of halogens is 2. The number of nitrogens with zero attached hydrogens (tertiary/aromatic N) is 1. The van der Waals surface area contributed by atoms with E-state index in [0.717, 1.165) is 15.0 Å². The summed E-state index contributed by atoms with van der Waals surface area (Å²) in [6, 6.07) is 11.4. The molecule has 1 aromatic carbocycles. The average Bonchev–Trinajstić information content (AvgIpc) is 2.38. The van der Waals surface area contributed by atoms with Gasteiger partial charge in [-0.1, -0.05) is 17.7 Å². The van der Waals surface area contributed by atoms with Crippen molar-refractivity contribution in [1.82, 2.24) is 10.3 Å². The molecule has 0 atom stereocenters. The second kappa shape index (κ2) is 6.94. The van der Waals surface area contributed by atoms with E-state index in [-0.39, 0.29) is 5.54 Å². The fourth-order valence-corrected chi connectivity index (χ4v) is 2.33. The number of rotatable bonds is 4. The molecule has 2 aromatic rings. The van der Waals surface area contributed by atoms with Gasteiger partial charge in [0.1, 0.15) is 5.75 Å². The van der Waals surface area contributed by atoms with Crippen LogP contribution in [-0.2, 0) is 6.54 Å². The molecule has 2 rings (SSSR count). The fourth-order valence-electron chi connectivity index (χ4n) is 1.65. The lowest BCUT2D eigenvalue weighted by molar-refractivity contribution is 0.416. The van der Waals surface area contributed by atoms with E-state index in [9.17, 15) is 0 Å². The number of pyridine rings is 1. The molecule has 0 saturated carbocycles. The Hall–Kier alpha value is -0.850. The third kappa shape index (κ3) is 5.45. The van der Waals surface area contributed by atoms with Crippen molar-refractivity contribution < 1.29 is 4.74 Å². The van der Waals surface area contributed by atoms with E-state index in [1.165, 1.54) is 0 Å². The molecule has 21 heavy (non-hydrogen) atoms. The van der Waals surface area contributed by atoms with Gasteiger partial charge in [-0.2, -0.15) is 0 Å². The van der Waals surface area contributed by atoms with Crippen LogP contribution in [0.5, 0.6) is 11.6 Å². The highest BCUT2D eigenvalue weighted by Gasteiger charge is 2.12. The SMILES string of the molecule is CC(C)(C)NCc1nc(Oc2cccc(I)c2)ccc1Cl. The van der Waals surface area contributed by atoms with Gasteiger partial charge in [-0.15, -0.1) is 0 Å². The van der Waals surface area contributed by atoms with Gasteiger partial charge >= 0.3 is 0 Å². The molecule has 0 saturated heterocycles. The zero-order chi connectivity index (χ0) is 15.5. The number of benzene rings is 1. The molecule has 1 aromatic heterocycles. The largest absolute Gasteiger partial charge is 0.439 e. The second-order valence-corrected chi connectivity index (χ2v) is 7.39. The van der Waals surface area contributed by atoms with Gasteiger partial charge in [0, 0.05) is 21.7 Å². The minimum Gasteiger partial charge on any atom is -0.439 e. The molecule has 1 N–H and O–H groups in total. The highest BCUT2D eigenvalue weighted by Crippen LogP contribution is 2.24. The summed E-state index contributed by atoms with van der Waals surface area (Å²) in [5.41, 5.74) is 0.798. The Bertz CT molecular complexity index is 626. The van der Waals surface area contributed by atoms with E-state index < -0.39 is 0 Å². The summed E-state index contributed by atoms with van der Waals surface area (Å²) in [7, 11) is 0. The first-order valence-corrected chi connectivity index (χ1v) is 8.13. The third-order valence-electron chi connectivity index (χ3n) is 2.70. The van der Waals surface area contributed by atoms with E-state index in [1.54, 1.807) is 6.07 Å². The summed E-state index contributed by atoms with van der Waals surface area (Å²) in [5.74, 6) is 1.32. The molecule has 0 amide bonds. The molecule has 0 aliphatic rings. The van der Waals surface area contributed by atoms with Gasteiger partial charge in [0.15, 0.2) is 0 Å². The molecule has 112 valence electrons. The number of hydrogen-bond donors (Lipinski definition) is 1. The topological polar surface area (TPSA) is 34.2 Å². The van der Waals surface area contributed by atoms with Gasteiger partial charge in [-0.05, 0) is 67.6 Å². The molecular weight excluding hydrogens is 399 g/mol. The van der Waals surface area contributed by atoms with Crippen molar-refractivity contribution in [3.63, 3.8) is 0 Å².